The van der Waals surface area contributed by atoms with Crippen LogP contribution in [0.5, 0.6) is 0 Å². The summed E-state index contributed by atoms with van der Waals surface area (Å²) in [7, 11) is -3.58. The molecule has 1 fully saturated rings. The molecule has 0 spiro atoms. The lowest BCUT2D eigenvalue weighted by atomic mass is 9.95. The molecular formula is C26H28FN7O3S. The van der Waals surface area contributed by atoms with Crippen LogP contribution < -0.4 is 11.0 Å². The molecule has 5 rings (SSSR count). The maximum Gasteiger partial charge on any atom is 0.333 e. The van der Waals surface area contributed by atoms with Crippen LogP contribution in [0.15, 0.2) is 71.1 Å². The molecule has 0 bridgehead atoms. The van der Waals surface area contributed by atoms with Crippen LogP contribution in [0.2, 0.25) is 0 Å². The number of rotatable bonds is 7. The topological polar surface area (TPSA) is 125 Å². The van der Waals surface area contributed by atoms with Crippen molar-refractivity contribution in [2.45, 2.75) is 62.0 Å². The van der Waals surface area contributed by atoms with Gasteiger partial charge in [0, 0.05) is 36.9 Å². The SMILES string of the molecule is CC(C)n1cc(-c2ccnc(NC3CCC(S(=O)(=O)c4ncccn4)CC3)n2)n(-c2ccc(F)cc2)c1=O. The summed E-state index contributed by atoms with van der Waals surface area (Å²) in [5.41, 5.74) is 1.36. The summed E-state index contributed by atoms with van der Waals surface area (Å²) in [4.78, 5) is 30.1. The third kappa shape index (κ3) is 5.08. The van der Waals surface area contributed by atoms with Crippen molar-refractivity contribution in [3.63, 3.8) is 0 Å². The van der Waals surface area contributed by atoms with Crippen molar-refractivity contribution < 1.29 is 12.8 Å². The van der Waals surface area contributed by atoms with Crippen molar-refractivity contribution in [2.75, 3.05) is 5.32 Å². The summed E-state index contributed by atoms with van der Waals surface area (Å²) in [6, 6.07) is 8.94. The number of nitrogens with one attached hydrogen (secondary N) is 1. The molecule has 4 aromatic rings. The maximum atomic E-state index is 13.6. The summed E-state index contributed by atoms with van der Waals surface area (Å²) in [5.74, 6) is -0.00502. The Kier molecular flexibility index (Phi) is 7.06. The van der Waals surface area contributed by atoms with Gasteiger partial charge >= 0.3 is 5.69 Å². The van der Waals surface area contributed by atoms with Crippen LogP contribution in [0.1, 0.15) is 45.6 Å². The standard InChI is InChI=1S/C26H28FN7O3S/c1-17(2)33-16-23(34(26(33)35)20-8-4-18(27)5-9-20)22-12-15-28-24(32-22)31-19-6-10-21(11-7-19)38(36,37)25-29-13-3-14-30-25/h3-5,8-9,12-17,19,21H,6-7,10-11H2,1-2H3,(H,28,31,32). The third-order valence-corrected chi connectivity index (χ3v) is 8.79. The Morgan fingerprint density at radius 2 is 1.66 bits per heavy atom. The van der Waals surface area contributed by atoms with E-state index in [1.165, 1.54) is 29.1 Å². The highest BCUT2D eigenvalue weighted by molar-refractivity contribution is 7.91. The molecular weight excluding hydrogens is 509 g/mol. The van der Waals surface area contributed by atoms with Crippen molar-refractivity contribution in [3.05, 3.63) is 77.5 Å². The molecule has 1 aromatic carbocycles. The Morgan fingerprint density at radius 1 is 0.974 bits per heavy atom. The van der Waals surface area contributed by atoms with Gasteiger partial charge in [0.1, 0.15) is 5.82 Å². The van der Waals surface area contributed by atoms with E-state index < -0.39 is 15.1 Å². The van der Waals surface area contributed by atoms with E-state index in [0.29, 0.717) is 48.7 Å². The molecule has 3 aromatic heterocycles. The molecule has 1 aliphatic rings. The number of nitrogens with zero attached hydrogens (tertiary/aromatic N) is 6. The molecule has 10 nitrogen and oxygen atoms in total. The number of anilines is 1. The molecule has 1 aliphatic carbocycles. The lowest BCUT2D eigenvalue weighted by Gasteiger charge is -2.28. The number of benzene rings is 1. The number of halogens is 1. The third-order valence-electron chi connectivity index (χ3n) is 6.72. The minimum absolute atomic E-state index is 0.00653. The monoisotopic (exact) mass is 537 g/mol. The Morgan fingerprint density at radius 3 is 2.32 bits per heavy atom. The van der Waals surface area contributed by atoms with Crippen molar-refractivity contribution >= 4 is 15.8 Å². The molecule has 1 saturated carbocycles. The molecule has 1 N–H and O–H groups in total. The second kappa shape index (κ2) is 10.4. The van der Waals surface area contributed by atoms with Gasteiger partial charge in [0.2, 0.25) is 20.9 Å². The summed E-state index contributed by atoms with van der Waals surface area (Å²) < 4.78 is 42.4. The second-order valence-corrected chi connectivity index (χ2v) is 11.7. The number of hydrogen-bond donors (Lipinski definition) is 1. The summed E-state index contributed by atoms with van der Waals surface area (Å²) in [6.07, 6.45) is 8.40. The van der Waals surface area contributed by atoms with Gasteiger partial charge < -0.3 is 5.32 Å². The normalized spacial score (nSPS) is 18.0. The summed E-state index contributed by atoms with van der Waals surface area (Å²) >= 11 is 0. The van der Waals surface area contributed by atoms with Crippen LogP contribution in [0.25, 0.3) is 17.1 Å². The largest absolute Gasteiger partial charge is 0.351 e. The van der Waals surface area contributed by atoms with E-state index in [9.17, 15) is 17.6 Å². The highest BCUT2D eigenvalue weighted by atomic mass is 32.2. The van der Waals surface area contributed by atoms with Gasteiger partial charge in [-0.25, -0.2) is 37.5 Å². The van der Waals surface area contributed by atoms with E-state index >= 15 is 0 Å². The van der Waals surface area contributed by atoms with Gasteiger partial charge in [0.15, 0.2) is 0 Å². The molecule has 0 atom stereocenters. The highest BCUT2D eigenvalue weighted by Gasteiger charge is 2.34. The Hall–Kier alpha value is -3.93. The fraction of sp³-hybridized carbons (Fsp3) is 0.346. The molecule has 3 heterocycles. The van der Waals surface area contributed by atoms with Crippen LogP contribution in [0.4, 0.5) is 10.3 Å². The van der Waals surface area contributed by atoms with E-state index in [4.69, 9.17) is 0 Å². The molecule has 0 unspecified atom stereocenters. The lowest BCUT2D eigenvalue weighted by molar-refractivity contribution is 0.448. The van der Waals surface area contributed by atoms with Gasteiger partial charge in [-0.2, -0.15) is 0 Å². The zero-order chi connectivity index (χ0) is 26.9. The first-order chi connectivity index (χ1) is 18.2. The first-order valence-corrected chi connectivity index (χ1v) is 14.0. The maximum absolute atomic E-state index is 13.6. The predicted molar refractivity (Wildman–Crippen MR) is 140 cm³/mol. The van der Waals surface area contributed by atoms with Gasteiger partial charge in [0.25, 0.3) is 0 Å². The Labute approximate surface area is 219 Å². The minimum Gasteiger partial charge on any atom is -0.351 e. The Balaban J connectivity index is 1.36. The van der Waals surface area contributed by atoms with Gasteiger partial charge in [-0.1, -0.05) is 0 Å². The van der Waals surface area contributed by atoms with Gasteiger partial charge in [-0.05, 0) is 75.9 Å². The fourth-order valence-corrected chi connectivity index (χ4v) is 6.31. The summed E-state index contributed by atoms with van der Waals surface area (Å²) in [5, 5.41) is 2.66. The van der Waals surface area contributed by atoms with Gasteiger partial charge in [0.05, 0.1) is 22.3 Å². The first-order valence-electron chi connectivity index (χ1n) is 12.4. The average molecular weight is 538 g/mol. The van der Waals surface area contributed by atoms with Crippen molar-refractivity contribution in [1.82, 2.24) is 29.1 Å². The van der Waals surface area contributed by atoms with Crippen LogP contribution in [-0.4, -0.2) is 48.8 Å². The van der Waals surface area contributed by atoms with Gasteiger partial charge in [-0.3, -0.25) is 9.13 Å². The van der Waals surface area contributed by atoms with E-state index in [1.807, 2.05) is 13.8 Å². The lowest BCUT2D eigenvalue weighted by Crippen LogP contribution is -2.33. The molecule has 0 radical (unpaired) electrons. The van der Waals surface area contributed by atoms with E-state index in [1.54, 1.807) is 41.2 Å². The number of sulfone groups is 1. The molecule has 198 valence electrons. The fourth-order valence-electron chi connectivity index (χ4n) is 4.71. The molecule has 0 aliphatic heterocycles. The average Bonchev–Trinajstić information content (AvgIpc) is 3.27. The Bertz CT molecular complexity index is 1580. The highest BCUT2D eigenvalue weighted by Crippen LogP contribution is 2.29. The van der Waals surface area contributed by atoms with E-state index in [2.05, 4.69) is 25.3 Å². The minimum atomic E-state index is -3.58. The zero-order valence-corrected chi connectivity index (χ0v) is 21.8. The second-order valence-electron chi connectivity index (χ2n) is 9.57. The van der Waals surface area contributed by atoms with Gasteiger partial charge in [-0.15, -0.1) is 0 Å². The van der Waals surface area contributed by atoms with Crippen molar-refractivity contribution in [2.24, 2.45) is 0 Å². The molecule has 0 amide bonds. The summed E-state index contributed by atoms with van der Waals surface area (Å²) in [6.45, 7) is 3.82. The zero-order valence-electron chi connectivity index (χ0n) is 21.0. The van der Waals surface area contributed by atoms with E-state index in [0.717, 1.165) is 0 Å². The molecule has 0 saturated heterocycles. The van der Waals surface area contributed by atoms with Crippen LogP contribution in [0, 0.1) is 5.82 Å². The van der Waals surface area contributed by atoms with Crippen LogP contribution in [0.3, 0.4) is 0 Å². The molecule has 38 heavy (non-hydrogen) atoms. The number of hydrogen-bond acceptors (Lipinski definition) is 8. The van der Waals surface area contributed by atoms with Crippen LogP contribution in [-0.2, 0) is 9.84 Å². The first kappa shape index (κ1) is 25.7. The van der Waals surface area contributed by atoms with E-state index in [-0.39, 0.29) is 28.7 Å². The smallest absolute Gasteiger partial charge is 0.333 e. The number of imidazole rings is 1. The number of aromatic nitrogens is 6. The van der Waals surface area contributed by atoms with Crippen molar-refractivity contribution in [1.29, 1.82) is 0 Å². The predicted octanol–water partition coefficient (Wildman–Crippen LogP) is 3.80. The quantitative estimate of drug-likeness (QED) is 0.353. The molecule has 12 heteroatoms. The van der Waals surface area contributed by atoms with Crippen molar-refractivity contribution in [3.8, 4) is 17.1 Å². The van der Waals surface area contributed by atoms with Crippen LogP contribution >= 0.6 is 0 Å².